The summed E-state index contributed by atoms with van der Waals surface area (Å²) in [5, 5.41) is 16.9. The van der Waals surface area contributed by atoms with Crippen LogP contribution in [0.2, 0.25) is 0 Å². The molecule has 2 aromatic rings. The minimum atomic E-state index is -0.263. The number of aromatic nitrogens is 2. The van der Waals surface area contributed by atoms with Crippen molar-refractivity contribution in [2.45, 2.75) is 39.2 Å². The van der Waals surface area contributed by atoms with E-state index in [9.17, 15) is 9.90 Å². The van der Waals surface area contributed by atoms with E-state index >= 15 is 0 Å². The molecule has 0 radical (unpaired) electrons. The first kappa shape index (κ1) is 17.7. The zero-order valence-corrected chi connectivity index (χ0v) is 14.7. The fraction of sp³-hybridized carbons (Fsp3) is 0.562. The highest BCUT2D eigenvalue weighted by Gasteiger charge is 2.21. The molecular weight excluding hydrogens is 314 g/mol. The number of aryl methyl sites for hydroxylation is 1. The predicted molar refractivity (Wildman–Crippen MR) is 92.0 cm³/mol. The third-order valence-corrected chi connectivity index (χ3v) is 4.34. The molecule has 0 aliphatic heterocycles. The van der Waals surface area contributed by atoms with Gasteiger partial charge in [0, 0.05) is 5.69 Å². The number of carbonyl (C=O) groups is 1. The summed E-state index contributed by atoms with van der Waals surface area (Å²) in [4.78, 5) is 17.1. The van der Waals surface area contributed by atoms with E-state index < -0.39 is 0 Å². The quantitative estimate of drug-likeness (QED) is 0.807. The van der Waals surface area contributed by atoms with Crippen LogP contribution in [-0.2, 0) is 0 Å². The Morgan fingerprint density at radius 2 is 2.22 bits per heavy atom. The lowest BCUT2D eigenvalue weighted by atomic mass is 10.0. The fourth-order valence-corrected chi connectivity index (χ4v) is 2.84. The number of nitrogens with one attached hydrogen (secondary N) is 1. The Morgan fingerprint density at radius 3 is 2.83 bits per heavy atom. The molecule has 0 spiro atoms. The molecule has 0 saturated heterocycles. The maximum absolute atomic E-state index is 12.7. The summed E-state index contributed by atoms with van der Waals surface area (Å²) in [6.07, 6.45) is 2.72. The highest BCUT2D eigenvalue weighted by molar-refractivity contribution is 7.98. The third kappa shape index (κ3) is 4.03. The normalized spacial score (nSPS) is 12.8. The number of aliphatic hydroxyl groups excluding tert-OH is 1. The van der Waals surface area contributed by atoms with Gasteiger partial charge in [-0.05, 0) is 37.3 Å². The number of pyridine rings is 1. The molecule has 2 aromatic heterocycles. The molecule has 2 rings (SSSR count). The molecule has 0 aliphatic rings. The van der Waals surface area contributed by atoms with E-state index in [4.69, 9.17) is 4.52 Å². The van der Waals surface area contributed by atoms with Crippen molar-refractivity contribution in [3.8, 4) is 0 Å². The second kappa shape index (κ2) is 7.79. The van der Waals surface area contributed by atoms with E-state index in [0.29, 0.717) is 22.4 Å². The summed E-state index contributed by atoms with van der Waals surface area (Å²) in [5.41, 5.74) is 2.30. The molecule has 0 bridgehead atoms. The Labute approximate surface area is 140 Å². The van der Waals surface area contributed by atoms with Crippen molar-refractivity contribution in [1.82, 2.24) is 15.5 Å². The number of rotatable bonds is 7. The fourth-order valence-electron chi connectivity index (χ4n) is 2.32. The summed E-state index contributed by atoms with van der Waals surface area (Å²) in [7, 11) is 0. The first-order valence-electron chi connectivity index (χ1n) is 7.65. The van der Waals surface area contributed by atoms with Gasteiger partial charge in [-0.15, -0.1) is 0 Å². The zero-order chi connectivity index (χ0) is 17.0. The molecule has 1 atom stereocenters. The van der Waals surface area contributed by atoms with E-state index in [-0.39, 0.29) is 24.5 Å². The Kier molecular flexibility index (Phi) is 6.01. The molecule has 1 amide bonds. The molecule has 6 nitrogen and oxygen atoms in total. The first-order valence-corrected chi connectivity index (χ1v) is 9.04. The number of aliphatic hydroxyl groups is 1. The van der Waals surface area contributed by atoms with Crippen molar-refractivity contribution in [3.63, 3.8) is 0 Å². The Hall–Kier alpha value is -1.60. The van der Waals surface area contributed by atoms with Crippen molar-refractivity contribution in [3.05, 3.63) is 23.0 Å². The molecule has 0 fully saturated rings. The lowest BCUT2D eigenvalue weighted by Crippen LogP contribution is -2.38. The van der Waals surface area contributed by atoms with E-state index in [1.54, 1.807) is 24.8 Å². The summed E-state index contributed by atoms with van der Waals surface area (Å²) in [6, 6.07) is 1.52. The summed E-state index contributed by atoms with van der Waals surface area (Å²) in [5.74, 6) is 0.813. The van der Waals surface area contributed by atoms with Gasteiger partial charge in [0.25, 0.3) is 11.6 Å². The van der Waals surface area contributed by atoms with Gasteiger partial charge in [-0.25, -0.2) is 4.98 Å². The summed E-state index contributed by atoms with van der Waals surface area (Å²) >= 11 is 1.68. The average Bonchev–Trinajstić information content (AvgIpc) is 2.91. The van der Waals surface area contributed by atoms with Crippen LogP contribution in [0.15, 0.2) is 10.6 Å². The number of fused-ring (bicyclic) bond motifs is 1. The van der Waals surface area contributed by atoms with Crippen LogP contribution < -0.4 is 5.32 Å². The van der Waals surface area contributed by atoms with Gasteiger partial charge in [0.2, 0.25) is 0 Å². The minimum Gasteiger partial charge on any atom is -0.394 e. The molecule has 2 N–H and O–H groups in total. The standard InChI is InChI=1S/C16H23N3O3S/c1-9(2)13-7-12(14-10(3)19-22-16(14)18-13)15(21)17-11(8-20)5-6-23-4/h7,9,11,20H,5-6,8H2,1-4H3,(H,17,21). The number of hydrogen-bond donors (Lipinski definition) is 2. The monoisotopic (exact) mass is 337 g/mol. The molecule has 2 heterocycles. The average molecular weight is 337 g/mol. The summed E-state index contributed by atoms with van der Waals surface area (Å²) < 4.78 is 5.23. The second-order valence-corrected chi connectivity index (χ2v) is 6.82. The maximum Gasteiger partial charge on any atom is 0.259 e. The highest BCUT2D eigenvalue weighted by Crippen LogP contribution is 2.25. The maximum atomic E-state index is 12.7. The van der Waals surface area contributed by atoms with Gasteiger partial charge in [-0.3, -0.25) is 4.79 Å². The van der Waals surface area contributed by atoms with Gasteiger partial charge in [0.05, 0.1) is 29.3 Å². The predicted octanol–water partition coefficient (Wildman–Crippen LogP) is 2.50. The lowest BCUT2D eigenvalue weighted by molar-refractivity contribution is 0.0917. The molecular formula is C16H23N3O3S. The molecule has 23 heavy (non-hydrogen) atoms. The van der Waals surface area contributed by atoms with Crippen LogP contribution in [0, 0.1) is 6.92 Å². The summed E-state index contributed by atoms with van der Waals surface area (Å²) in [6.45, 7) is 5.72. The molecule has 0 aliphatic carbocycles. The van der Waals surface area contributed by atoms with Crippen molar-refractivity contribution in [2.75, 3.05) is 18.6 Å². The van der Waals surface area contributed by atoms with Gasteiger partial charge in [-0.1, -0.05) is 19.0 Å². The van der Waals surface area contributed by atoms with Crippen LogP contribution in [0.5, 0.6) is 0 Å². The Morgan fingerprint density at radius 1 is 1.48 bits per heavy atom. The minimum absolute atomic E-state index is 0.0832. The van der Waals surface area contributed by atoms with Crippen LogP contribution in [-0.4, -0.2) is 45.8 Å². The molecule has 0 aromatic carbocycles. The topological polar surface area (TPSA) is 88.2 Å². The van der Waals surface area contributed by atoms with Crippen molar-refractivity contribution >= 4 is 28.8 Å². The molecule has 126 valence electrons. The van der Waals surface area contributed by atoms with Gasteiger partial charge >= 0.3 is 0 Å². The second-order valence-electron chi connectivity index (χ2n) is 5.83. The number of amides is 1. The lowest BCUT2D eigenvalue weighted by Gasteiger charge is -2.16. The van der Waals surface area contributed by atoms with E-state index in [1.807, 2.05) is 20.1 Å². The SMILES string of the molecule is CSCCC(CO)NC(=O)c1cc(C(C)C)nc2onc(C)c12. The van der Waals surface area contributed by atoms with Crippen LogP contribution in [0.4, 0.5) is 0 Å². The van der Waals surface area contributed by atoms with Crippen LogP contribution in [0.25, 0.3) is 11.1 Å². The number of thioether (sulfide) groups is 1. The van der Waals surface area contributed by atoms with E-state index in [2.05, 4.69) is 15.5 Å². The number of carbonyl (C=O) groups excluding carboxylic acids is 1. The largest absolute Gasteiger partial charge is 0.394 e. The van der Waals surface area contributed by atoms with E-state index in [1.165, 1.54) is 0 Å². The van der Waals surface area contributed by atoms with Crippen molar-refractivity contribution < 1.29 is 14.4 Å². The van der Waals surface area contributed by atoms with Crippen LogP contribution in [0.3, 0.4) is 0 Å². The zero-order valence-electron chi connectivity index (χ0n) is 13.9. The van der Waals surface area contributed by atoms with Gasteiger partial charge in [0.15, 0.2) is 0 Å². The molecule has 0 saturated carbocycles. The van der Waals surface area contributed by atoms with Crippen LogP contribution >= 0.6 is 11.8 Å². The van der Waals surface area contributed by atoms with Crippen molar-refractivity contribution in [1.29, 1.82) is 0 Å². The van der Waals surface area contributed by atoms with Crippen LogP contribution in [0.1, 0.15) is 47.9 Å². The Bertz CT molecular complexity index is 685. The van der Waals surface area contributed by atoms with Gasteiger partial charge in [-0.2, -0.15) is 11.8 Å². The first-order chi connectivity index (χ1) is 11.0. The van der Waals surface area contributed by atoms with Gasteiger partial charge in [0.1, 0.15) is 0 Å². The third-order valence-electron chi connectivity index (χ3n) is 3.70. The van der Waals surface area contributed by atoms with Gasteiger partial charge < -0.3 is 14.9 Å². The Balaban J connectivity index is 2.36. The van der Waals surface area contributed by atoms with Crippen molar-refractivity contribution in [2.24, 2.45) is 0 Å². The number of nitrogens with zero attached hydrogens (tertiary/aromatic N) is 2. The number of hydrogen-bond acceptors (Lipinski definition) is 6. The molecule has 1 unspecified atom stereocenters. The smallest absolute Gasteiger partial charge is 0.259 e. The van der Waals surface area contributed by atoms with E-state index in [0.717, 1.165) is 17.9 Å². The molecule has 7 heteroatoms. The highest BCUT2D eigenvalue weighted by atomic mass is 32.2.